The van der Waals surface area contributed by atoms with Crippen LogP contribution in [0.5, 0.6) is 0 Å². The Balaban J connectivity index is 2.16. The summed E-state index contributed by atoms with van der Waals surface area (Å²) >= 11 is 1.70. The highest BCUT2D eigenvalue weighted by Crippen LogP contribution is 2.30. The zero-order valence-corrected chi connectivity index (χ0v) is 13.2. The van der Waals surface area contributed by atoms with Gasteiger partial charge in [-0.15, -0.1) is 11.8 Å². The van der Waals surface area contributed by atoms with Crippen LogP contribution in [0.25, 0.3) is 0 Å². The maximum atomic E-state index is 11.1. The van der Waals surface area contributed by atoms with Gasteiger partial charge in [0.1, 0.15) is 5.69 Å². The number of nitrogens with zero attached hydrogens (tertiary/aromatic N) is 1. The molecule has 0 aliphatic carbocycles. The summed E-state index contributed by atoms with van der Waals surface area (Å²) in [6.45, 7) is 4.16. The van der Waals surface area contributed by atoms with E-state index in [-0.39, 0.29) is 10.6 Å². The lowest BCUT2D eigenvalue weighted by Crippen LogP contribution is -1.97. The first kappa shape index (κ1) is 15.4. The van der Waals surface area contributed by atoms with E-state index >= 15 is 0 Å². The van der Waals surface area contributed by atoms with Crippen molar-refractivity contribution in [3.63, 3.8) is 0 Å². The van der Waals surface area contributed by atoms with E-state index in [2.05, 4.69) is 37.4 Å². The minimum absolute atomic E-state index is 0.122. The predicted molar refractivity (Wildman–Crippen MR) is 88.1 cm³/mol. The molecular formula is C16H18N2O2S. The van der Waals surface area contributed by atoms with Crippen LogP contribution in [0.15, 0.2) is 41.3 Å². The topological polar surface area (TPSA) is 55.2 Å². The first-order chi connectivity index (χ1) is 10.0. The number of nitro groups is 1. The number of nitrogens with one attached hydrogen (secondary N) is 1. The maximum Gasteiger partial charge on any atom is 0.292 e. The molecule has 0 amide bonds. The standard InChI is InChI=1S/C16H18N2O2S/c1-11-4-7-16(12(2)8-11)21-10-13-5-6-14(17-3)15(9-13)18(19)20/h4-9,17H,10H2,1-3H3. The van der Waals surface area contributed by atoms with Crippen molar-refractivity contribution in [3.8, 4) is 0 Å². The van der Waals surface area contributed by atoms with Crippen LogP contribution in [-0.2, 0) is 5.75 Å². The molecule has 0 spiro atoms. The van der Waals surface area contributed by atoms with E-state index in [1.807, 2.05) is 6.07 Å². The monoisotopic (exact) mass is 302 g/mol. The molecule has 110 valence electrons. The Labute approximate surface area is 128 Å². The average Bonchev–Trinajstić information content (AvgIpc) is 2.46. The molecule has 2 aromatic carbocycles. The second-order valence-electron chi connectivity index (χ2n) is 4.92. The molecule has 0 atom stereocenters. The first-order valence-electron chi connectivity index (χ1n) is 6.66. The fourth-order valence-corrected chi connectivity index (χ4v) is 3.10. The fraction of sp³-hybridized carbons (Fsp3) is 0.250. The van der Waals surface area contributed by atoms with E-state index in [9.17, 15) is 10.1 Å². The average molecular weight is 302 g/mol. The van der Waals surface area contributed by atoms with Gasteiger partial charge in [0, 0.05) is 23.8 Å². The van der Waals surface area contributed by atoms with Crippen molar-refractivity contribution in [3.05, 3.63) is 63.2 Å². The summed E-state index contributed by atoms with van der Waals surface area (Å²) in [6, 6.07) is 11.7. The smallest absolute Gasteiger partial charge is 0.292 e. The first-order valence-corrected chi connectivity index (χ1v) is 7.65. The Morgan fingerprint density at radius 1 is 1.19 bits per heavy atom. The van der Waals surface area contributed by atoms with Gasteiger partial charge in [0.2, 0.25) is 0 Å². The number of hydrogen-bond donors (Lipinski definition) is 1. The van der Waals surface area contributed by atoms with Crippen molar-refractivity contribution in [2.75, 3.05) is 12.4 Å². The highest BCUT2D eigenvalue weighted by Gasteiger charge is 2.13. The van der Waals surface area contributed by atoms with Gasteiger partial charge in [-0.2, -0.15) is 0 Å². The second kappa shape index (κ2) is 6.63. The normalized spacial score (nSPS) is 10.4. The SMILES string of the molecule is CNc1ccc(CSc2ccc(C)cc2C)cc1[N+](=O)[O-]. The minimum Gasteiger partial charge on any atom is -0.383 e. The number of benzene rings is 2. The predicted octanol–water partition coefficient (Wildman–Crippen LogP) is 4.55. The van der Waals surface area contributed by atoms with E-state index in [1.54, 1.807) is 30.9 Å². The van der Waals surface area contributed by atoms with Crippen LogP contribution in [-0.4, -0.2) is 12.0 Å². The number of anilines is 1. The van der Waals surface area contributed by atoms with Gasteiger partial charge in [0.05, 0.1) is 4.92 Å². The molecular weight excluding hydrogens is 284 g/mol. The summed E-state index contributed by atoms with van der Waals surface area (Å²) in [5, 5.41) is 13.9. The molecule has 0 aliphatic heterocycles. The van der Waals surface area contributed by atoms with Crippen LogP contribution in [0.3, 0.4) is 0 Å². The van der Waals surface area contributed by atoms with E-state index < -0.39 is 0 Å². The van der Waals surface area contributed by atoms with Crippen LogP contribution in [0.1, 0.15) is 16.7 Å². The van der Waals surface area contributed by atoms with Crippen molar-refractivity contribution in [1.29, 1.82) is 0 Å². The largest absolute Gasteiger partial charge is 0.383 e. The molecule has 0 radical (unpaired) electrons. The van der Waals surface area contributed by atoms with E-state index in [0.717, 1.165) is 5.56 Å². The van der Waals surface area contributed by atoms with Crippen molar-refractivity contribution in [1.82, 2.24) is 0 Å². The molecule has 0 bridgehead atoms. The van der Waals surface area contributed by atoms with Gasteiger partial charge in [-0.3, -0.25) is 10.1 Å². The minimum atomic E-state index is -0.350. The molecule has 21 heavy (non-hydrogen) atoms. The lowest BCUT2D eigenvalue weighted by atomic mass is 10.2. The Hall–Kier alpha value is -2.01. The zero-order valence-electron chi connectivity index (χ0n) is 12.3. The molecule has 0 saturated carbocycles. The molecule has 0 aromatic heterocycles. The highest BCUT2D eigenvalue weighted by atomic mass is 32.2. The Morgan fingerprint density at radius 3 is 2.57 bits per heavy atom. The van der Waals surface area contributed by atoms with Crippen LogP contribution >= 0.6 is 11.8 Å². The van der Waals surface area contributed by atoms with Crippen LogP contribution in [0, 0.1) is 24.0 Å². The van der Waals surface area contributed by atoms with Gasteiger partial charge < -0.3 is 5.32 Å². The summed E-state index contributed by atoms with van der Waals surface area (Å²) in [4.78, 5) is 11.9. The fourth-order valence-electron chi connectivity index (χ4n) is 2.15. The Kier molecular flexibility index (Phi) is 4.85. The number of thioether (sulfide) groups is 1. The van der Waals surface area contributed by atoms with E-state index in [1.165, 1.54) is 16.0 Å². The molecule has 1 N–H and O–H groups in total. The third kappa shape index (κ3) is 3.76. The number of aryl methyl sites for hydroxylation is 2. The van der Waals surface area contributed by atoms with Crippen molar-refractivity contribution >= 4 is 23.1 Å². The molecule has 0 unspecified atom stereocenters. The summed E-state index contributed by atoms with van der Waals surface area (Å²) in [6.07, 6.45) is 0. The molecule has 5 heteroatoms. The molecule has 0 heterocycles. The summed E-state index contributed by atoms with van der Waals surface area (Å²) < 4.78 is 0. The summed E-state index contributed by atoms with van der Waals surface area (Å²) in [5.74, 6) is 0.717. The second-order valence-corrected chi connectivity index (χ2v) is 5.93. The lowest BCUT2D eigenvalue weighted by molar-refractivity contribution is -0.384. The van der Waals surface area contributed by atoms with Gasteiger partial charge in [-0.05, 0) is 37.1 Å². The molecule has 4 nitrogen and oxygen atoms in total. The molecule has 0 aliphatic rings. The van der Waals surface area contributed by atoms with Gasteiger partial charge in [0.25, 0.3) is 5.69 Å². The van der Waals surface area contributed by atoms with E-state index in [4.69, 9.17) is 0 Å². The number of nitro benzene ring substituents is 1. The number of hydrogen-bond acceptors (Lipinski definition) is 4. The summed E-state index contributed by atoms with van der Waals surface area (Å²) in [7, 11) is 1.69. The third-order valence-electron chi connectivity index (χ3n) is 3.25. The van der Waals surface area contributed by atoms with Crippen LogP contribution < -0.4 is 5.32 Å². The van der Waals surface area contributed by atoms with Crippen LogP contribution in [0.2, 0.25) is 0 Å². The molecule has 2 rings (SSSR count). The van der Waals surface area contributed by atoms with Crippen molar-refractivity contribution in [2.45, 2.75) is 24.5 Å². The number of rotatable bonds is 5. The third-order valence-corrected chi connectivity index (χ3v) is 4.50. The van der Waals surface area contributed by atoms with Gasteiger partial charge >= 0.3 is 0 Å². The highest BCUT2D eigenvalue weighted by molar-refractivity contribution is 7.98. The van der Waals surface area contributed by atoms with Gasteiger partial charge in [-0.1, -0.05) is 23.8 Å². The van der Waals surface area contributed by atoms with Crippen molar-refractivity contribution in [2.24, 2.45) is 0 Å². The molecule has 2 aromatic rings. The lowest BCUT2D eigenvalue weighted by Gasteiger charge is -2.08. The quantitative estimate of drug-likeness (QED) is 0.500. The Morgan fingerprint density at radius 2 is 1.95 bits per heavy atom. The van der Waals surface area contributed by atoms with Gasteiger partial charge in [-0.25, -0.2) is 0 Å². The zero-order chi connectivity index (χ0) is 15.4. The van der Waals surface area contributed by atoms with E-state index in [0.29, 0.717) is 11.4 Å². The maximum absolute atomic E-state index is 11.1. The molecule has 0 fully saturated rings. The summed E-state index contributed by atoms with van der Waals surface area (Å²) in [5.41, 5.74) is 4.09. The Bertz CT molecular complexity index is 671. The van der Waals surface area contributed by atoms with Crippen LogP contribution in [0.4, 0.5) is 11.4 Å². The van der Waals surface area contributed by atoms with Gasteiger partial charge in [0.15, 0.2) is 0 Å². The molecule has 0 saturated heterocycles. The van der Waals surface area contributed by atoms with Crippen molar-refractivity contribution < 1.29 is 4.92 Å².